The molecule has 0 radical (unpaired) electrons. The number of ether oxygens (including phenoxy) is 1. The second-order valence-corrected chi connectivity index (χ2v) is 5.76. The van der Waals surface area contributed by atoms with Crippen molar-refractivity contribution < 1.29 is 9.53 Å². The summed E-state index contributed by atoms with van der Waals surface area (Å²) in [4.78, 5) is 13.9. The fourth-order valence-corrected chi connectivity index (χ4v) is 2.56. The van der Waals surface area contributed by atoms with Crippen LogP contribution in [0.4, 0.5) is 11.4 Å². The Labute approximate surface area is 122 Å². The van der Waals surface area contributed by atoms with Crippen LogP contribution >= 0.6 is 15.9 Å². The lowest BCUT2D eigenvalue weighted by molar-refractivity contribution is -0.118. The topological polar surface area (TPSA) is 41.6 Å². The lowest BCUT2D eigenvalue weighted by atomic mass is 10.2. The van der Waals surface area contributed by atoms with Gasteiger partial charge in [-0.3, -0.25) is 4.79 Å². The summed E-state index contributed by atoms with van der Waals surface area (Å²) in [7, 11) is 0. The molecule has 0 saturated carbocycles. The van der Waals surface area contributed by atoms with Crippen molar-refractivity contribution in [1.82, 2.24) is 0 Å². The third-order valence-corrected chi connectivity index (χ3v) is 3.73. The van der Waals surface area contributed by atoms with Crippen molar-refractivity contribution >= 4 is 33.2 Å². The first-order valence-electron chi connectivity index (χ1n) is 6.51. The molecule has 1 heterocycles. The van der Waals surface area contributed by atoms with E-state index in [-0.39, 0.29) is 11.8 Å². The first kappa shape index (κ1) is 14.3. The summed E-state index contributed by atoms with van der Waals surface area (Å²) in [5.41, 5.74) is 1.97. The number of carbonyl (C=O) groups is 1. The smallest absolute Gasteiger partial charge is 0.226 e. The van der Waals surface area contributed by atoms with Gasteiger partial charge in [-0.05, 0) is 34.1 Å². The predicted molar refractivity (Wildman–Crippen MR) is 80.6 cm³/mol. The Morgan fingerprint density at radius 3 is 2.63 bits per heavy atom. The molecule has 0 spiro atoms. The van der Waals surface area contributed by atoms with E-state index in [4.69, 9.17) is 4.74 Å². The van der Waals surface area contributed by atoms with Crippen LogP contribution in [0.15, 0.2) is 22.7 Å². The molecular formula is C14H19BrN2O2. The molecular weight excluding hydrogens is 308 g/mol. The zero-order valence-electron chi connectivity index (χ0n) is 11.3. The zero-order chi connectivity index (χ0) is 13.8. The molecule has 0 atom stereocenters. The molecule has 1 aliphatic rings. The Morgan fingerprint density at radius 1 is 1.37 bits per heavy atom. The van der Waals surface area contributed by atoms with Gasteiger partial charge in [-0.1, -0.05) is 13.8 Å². The molecule has 0 aromatic heterocycles. The average Bonchev–Trinajstić information content (AvgIpc) is 2.39. The highest BCUT2D eigenvalue weighted by molar-refractivity contribution is 9.10. The van der Waals surface area contributed by atoms with Crippen LogP contribution in [-0.2, 0) is 9.53 Å². The number of nitrogens with zero attached hydrogens (tertiary/aromatic N) is 1. The van der Waals surface area contributed by atoms with E-state index < -0.39 is 0 Å². The highest BCUT2D eigenvalue weighted by Crippen LogP contribution is 2.30. The molecule has 0 unspecified atom stereocenters. The normalized spacial score (nSPS) is 15.7. The van der Waals surface area contributed by atoms with Crippen molar-refractivity contribution in [2.45, 2.75) is 13.8 Å². The molecule has 1 aromatic carbocycles. The monoisotopic (exact) mass is 326 g/mol. The van der Waals surface area contributed by atoms with Gasteiger partial charge in [-0.25, -0.2) is 0 Å². The Balaban J connectivity index is 2.10. The lowest BCUT2D eigenvalue weighted by Gasteiger charge is -2.29. The molecule has 1 aromatic rings. The first-order valence-corrected chi connectivity index (χ1v) is 7.30. The third-order valence-electron chi connectivity index (χ3n) is 3.09. The zero-order valence-corrected chi connectivity index (χ0v) is 12.9. The van der Waals surface area contributed by atoms with Crippen molar-refractivity contribution in [1.29, 1.82) is 0 Å². The molecule has 104 valence electrons. The number of hydrogen-bond acceptors (Lipinski definition) is 3. The van der Waals surface area contributed by atoms with Crippen LogP contribution in [0.25, 0.3) is 0 Å². The molecule has 2 rings (SSSR count). The molecule has 1 aliphatic heterocycles. The molecule has 1 N–H and O–H groups in total. The number of carbonyl (C=O) groups excluding carboxylic acids is 1. The summed E-state index contributed by atoms with van der Waals surface area (Å²) < 4.78 is 6.35. The Hall–Kier alpha value is -1.07. The summed E-state index contributed by atoms with van der Waals surface area (Å²) in [6.45, 7) is 7.09. The highest BCUT2D eigenvalue weighted by atomic mass is 79.9. The predicted octanol–water partition coefficient (Wildman–Crippen LogP) is 2.88. The first-order chi connectivity index (χ1) is 9.08. The number of rotatable bonds is 3. The van der Waals surface area contributed by atoms with Crippen LogP contribution in [0, 0.1) is 5.92 Å². The van der Waals surface area contributed by atoms with Gasteiger partial charge in [-0.2, -0.15) is 0 Å². The fraction of sp³-hybridized carbons (Fsp3) is 0.500. The van der Waals surface area contributed by atoms with E-state index in [0.717, 1.165) is 42.2 Å². The lowest BCUT2D eigenvalue weighted by Crippen LogP contribution is -2.36. The maximum Gasteiger partial charge on any atom is 0.226 e. The van der Waals surface area contributed by atoms with E-state index in [2.05, 4.69) is 26.1 Å². The molecule has 0 aliphatic carbocycles. The van der Waals surface area contributed by atoms with Crippen molar-refractivity contribution in [3.8, 4) is 0 Å². The minimum absolute atomic E-state index is 0.0160. The molecule has 1 fully saturated rings. The summed E-state index contributed by atoms with van der Waals surface area (Å²) in [6.07, 6.45) is 0. The number of anilines is 2. The van der Waals surface area contributed by atoms with Crippen LogP contribution < -0.4 is 10.2 Å². The molecule has 1 amide bonds. The molecule has 0 bridgehead atoms. The quantitative estimate of drug-likeness (QED) is 0.928. The van der Waals surface area contributed by atoms with E-state index in [1.807, 2.05) is 32.0 Å². The maximum atomic E-state index is 11.7. The summed E-state index contributed by atoms with van der Waals surface area (Å²) in [5, 5.41) is 2.90. The van der Waals surface area contributed by atoms with Crippen LogP contribution in [0.3, 0.4) is 0 Å². The number of hydrogen-bond donors (Lipinski definition) is 1. The van der Waals surface area contributed by atoms with Gasteiger partial charge in [0, 0.05) is 29.2 Å². The summed E-state index contributed by atoms with van der Waals surface area (Å²) in [6, 6.07) is 5.92. The Kier molecular flexibility index (Phi) is 4.82. The van der Waals surface area contributed by atoms with Crippen LogP contribution in [-0.4, -0.2) is 32.2 Å². The Bertz CT molecular complexity index is 457. The van der Waals surface area contributed by atoms with Gasteiger partial charge in [0.05, 0.1) is 18.9 Å². The second-order valence-electron chi connectivity index (χ2n) is 4.91. The van der Waals surface area contributed by atoms with Gasteiger partial charge in [0.1, 0.15) is 0 Å². The van der Waals surface area contributed by atoms with Crippen molar-refractivity contribution in [3.05, 3.63) is 22.7 Å². The van der Waals surface area contributed by atoms with Gasteiger partial charge < -0.3 is 15.0 Å². The number of nitrogens with one attached hydrogen (secondary N) is 1. The summed E-state index contributed by atoms with van der Waals surface area (Å²) in [5.74, 6) is 0.0173. The van der Waals surface area contributed by atoms with Crippen molar-refractivity contribution in [3.63, 3.8) is 0 Å². The number of halogens is 1. The average molecular weight is 327 g/mol. The Morgan fingerprint density at radius 2 is 2.05 bits per heavy atom. The standard InChI is InChI=1S/C14H19BrN2O2/c1-10(2)14(18)16-11-3-4-13(12(15)9-11)17-5-7-19-8-6-17/h3-4,9-10H,5-8H2,1-2H3,(H,16,18). The van der Waals surface area contributed by atoms with Crippen LogP contribution in [0.5, 0.6) is 0 Å². The van der Waals surface area contributed by atoms with Gasteiger partial charge >= 0.3 is 0 Å². The van der Waals surface area contributed by atoms with Gasteiger partial charge in [0.25, 0.3) is 0 Å². The minimum Gasteiger partial charge on any atom is -0.378 e. The largest absolute Gasteiger partial charge is 0.378 e. The van der Waals surface area contributed by atoms with E-state index in [0.29, 0.717) is 0 Å². The molecule has 1 saturated heterocycles. The third kappa shape index (κ3) is 3.70. The number of morpholine rings is 1. The van der Waals surface area contributed by atoms with Gasteiger partial charge in [0.2, 0.25) is 5.91 Å². The van der Waals surface area contributed by atoms with Crippen LogP contribution in [0.2, 0.25) is 0 Å². The van der Waals surface area contributed by atoms with Crippen LogP contribution in [0.1, 0.15) is 13.8 Å². The molecule has 19 heavy (non-hydrogen) atoms. The number of amides is 1. The molecule has 5 heteroatoms. The van der Waals surface area contributed by atoms with Crippen molar-refractivity contribution in [2.24, 2.45) is 5.92 Å². The van der Waals surface area contributed by atoms with E-state index in [9.17, 15) is 4.79 Å². The van der Waals surface area contributed by atoms with E-state index in [1.54, 1.807) is 0 Å². The van der Waals surface area contributed by atoms with E-state index in [1.165, 1.54) is 0 Å². The molecule has 4 nitrogen and oxygen atoms in total. The SMILES string of the molecule is CC(C)C(=O)Nc1ccc(N2CCOCC2)c(Br)c1. The second kappa shape index (κ2) is 6.39. The van der Waals surface area contributed by atoms with Gasteiger partial charge in [-0.15, -0.1) is 0 Å². The number of benzene rings is 1. The maximum absolute atomic E-state index is 11.7. The van der Waals surface area contributed by atoms with Gasteiger partial charge in [0.15, 0.2) is 0 Å². The van der Waals surface area contributed by atoms with Crippen molar-refractivity contribution in [2.75, 3.05) is 36.5 Å². The minimum atomic E-state index is -0.0160. The van der Waals surface area contributed by atoms with E-state index >= 15 is 0 Å². The highest BCUT2D eigenvalue weighted by Gasteiger charge is 2.15. The fourth-order valence-electron chi connectivity index (χ4n) is 1.93. The summed E-state index contributed by atoms with van der Waals surface area (Å²) >= 11 is 3.58.